The first-order chi connectivity index (χ1) is 9.97. The maximum Gasteiger partial charge on any atom is 0.321 e. The Kier molecular flexibility index (Phi) is 5.36. The van der Waals surface area contributed by atoms with E-state index in [2.05, 4.69) is 21.2 Å². The molecule has 1 aliphatic rings. The van der Waals surface area contributed by atoms with Gasteiger partial charge in [-0.15, -0.1) is 0 Å². The molecule has 0 aromatic heterocycles. The SMILES string of the molecule is CC1CCCN(CC(=O)Nc2cccc(Br)c2)C1C(=O)O. The van der Waals surface area contributed by atoms with Gasteiger partial charge < -0.3 is 10.4 Å². The summed E-state index contributed by atoms with van der Waals surface area (Å²) >= 11 is 3.35. The number of nitrogens with zero attached hydrogens (tertiary/aromatic N) is 1. The monoisotopic (exact) mass is 354 g/mol. The van der Waals surface area contributed by atoms with E-state index in [1.807, 2.05) is 25.1 Å². The number of benzene rings is 1. The summed E-state index contributed by atoms with van der Waals surface area (Å²) in [5.41, 5.74) is 0.700. The number of carbonyl (C=O) groups excluding carboxylic acids is 1. The number of hydrogen-bond donors (Lipinski definition) is 2. The third kappa shape index (κ3) is 4.28. The molecule has 2 atom stereocenters. The molecule has 1 saturated heterocycles. The lowest BCUT2D eigenvalue weighted by Gasteiger charge is -2.36. The molecule has 1 aromatic carbocycles. The van der Waals surface area contributed by atoms with Gasteiger partial charge in [0, 0.05) is 10.2 Å². The number of likely N-dealkylation sites (tertiary alicyclic amines) is 1. The smallest absolute Gasteiger partial charge is 0.321 e. The maximum absolute atomic E-state index is 12.1. The van der Waals surface area contributed by atoms with Crippen LogP contribution in [0, 0.1) is 5.92 Å². The molecule has 5 nitrogen and oxygen atoms in total. The molecule has 1 heterocycles. The van der Waals surface area contributed by atoms with Crippen LogP contribution in [0.15, 0.2) is 28.7 Å². The van der Waals surface area contributed by atoms with Crippen molar-refractivity contribution in [2.75, 3.05) is 18.4 Å². The Morgan fingerprint density at radius 3 is 2.90 bits per heavy atom. The van der Waals surface area contributed by atoms with Crippen LogP contribution >= 0.6 is 15.9 Å². The minimum atomic E-state index is -0.850. The van der Waals surface area contributed by atoms with Crippen LogP contribution in [0.1, 0.15) is 19.8 Å². The first-order valence-electron chi connectivity index (χ1n) is 6.99. The Balaban J connectivity index is 1.99. The van der Waals surface area contributed by atoms with Gasteiger partial charge in [0.05, 0.1) is 6.54 Å². The van der Waals surface area contributed by atoms with Crippen molar-refractivity contribution in [3.05, 3.63) is 28.7 Å². The number of carbonyl (C=O) groups is 2. The zero-order valence-corrected chi connectivity index (χ0v) is 13.5. The van der Waals surface area contributed by atoms with Gasteiger partial charge in [0.1, 0.15) is 6.04 Å². The van der Waals surface area contributed by atoms with Crippen molar-refractivity contribution in [3.8, 4) is 0 Å². The van der Waals surface area contributed by atoms with Gasteiger partial charge in [-0.3, -0.25) is 14.5 Å². The summed E-state index contributed by atoms with van der Waals surface area (Å²) in [6, 6.07) is 6.75. The normalized spacial score (nSPS) is 22.8. The second-order valence-electron chi connectivity index (χ2n) is 5.43. The van der Waals surface area contributed by atoms with Crippen molar-refractivity contribution in [1.29, 1.82) is 0 Å². The Morgan fingerprint density at radius 1 is 1.48 bits per heavy atom. The highest BCUT2D eigenvalue weighted by Gasteiger charge is 2.34. The molecule has 0 bridgehead atoms. The number of amides is 1. The summed E-state index contributed by atoms with van der Waals surface area (Å²) in [5.74, 6) is -0.971. The second kappa shape index (κ2) is 7.04. The number of anilines is 1. The molecule has 1 aliphatic heterocycles. The van der Waals surface area contributed by atoms with Gasteiger partial charge in [0.25, 0.3) is 0 Å². The van der Waals surface area contributed by atoms with E-state index in [1.54, 1.807) is 11.0 Å². The Hall–Kier alpha value is -1.40. The number of halogens is 1. The molecular weight excluding hydrogens is 336 g/mol. The summed E-state index contributed by atoms with van der Waals surface area (Å²) in [6.45, 7) is 2.68. The van der Waals surface area contributed by atoms with E-state index in [0.717, 1.165) is 17.3 Å². The van der Waals surface area contributed by atoms with Crippen molar-refractivity contribution in [2.24, 2.45) is 5.92 Å². The quantitative estimate of drug-likeness (QED) is 0.871. The van der Waals surface area contributed by atoms with Gasteiger partial charge in [-0.05, 0) is 43.5 Å². The van der Waals surface area contributed by atoms with Crippen LogP contribution in [0.25, 0.3) is 0 Å². The highest BCUT2D eigenvalue weighted by atomic mass is 79.9. The molecule has 1 amide bonds. The number of aliphatic carboxylic acids is 1. The van der Waals surface area contributed by atoms with Gasteiger partial charge in [0.15, 0.2) is 0 Å². The number of hydrogen-bond acceptors (Lipinski definition) is 3. The summed E-state index contributed by atoms with van der Waals surface area (Å²) in [7, 11) is 0. The van der Waals surface area contributed by atoms with E-state index in [1.165, 1.54) is 0 Å². The molecule has 114 valence electrons. The van der Waals surface area contributed by atoms with Gasteiger partial charge >= 0.3 is 5.97 Å². The van der Waals surface area contributed by atoms with Gasteiger partial charge in [0.2, 0.25) is 5.91 Å². The lowest BCUT2D eigenvalue weighted by atomic mass is 9.91. The Bertz CT molecular complexity index is 535. The fourth-order valence-corrected chi connectivity index (χ4v) is 3.20. The first-order valence-corrected chi connectivity index (χ1v) is 7.79. The fourth-order valence-electron chi connectivity index (χ4n) is 2.80. The molecule has 2 N–H and O–H groups in total. The summed E-state index contributed by atoms with van der Waals surface area (Å²) in [4.78, 5) is 25.2. The van der Waals surface area contributed by atoms with Crippen LogP contribution in [0.2, 0.25) is 0 Å². The van der Waals surface area contributed by atoms with E-state index in [9.17, 15) is 14.7 Å². The zero-order chi connectivity index (χ0) is 15.4. The molecule has 0 saturated carbocycles. The molecule has 0 spiro atoms. The first kappa shape index (κ1) is 16.0. The van der Waals surface area contributed by atoms with Crippen molar-refractivity contribution in [1.82, 2.24) is 4.90 Å². The van der Waals surface area contributed by atoms with Crippen LogP contribution < -0.4 is 5.32 Å². The maximum atomic E-state index is 12.1. The van der Waals surface area contributed by atoms with Crippen LogP contribution in [-0.2, 0) is 9.59 Å². The van der Waals surface area contributed by atoms with Gasteiger partial charge in [-0.25, -0.2) is 0 Å². The van der Waals surface area contributed by atoms with Crippen molar-refractivity contribution < 1.29 is 14.7 Å². The van der Waals surface area contributed by atoms with E-state index in [4.69, 9.17) is 0 Å². The lowest BCUT2D eigenvalue weighted by Crippen LogP contribution is -2.51. The highest BCUT2D eigenvalue weighted by molar-refractivity contribution is 9.10. The van der Waals surface area contributed by atoms with Crippen molar-refractivity contribution in [3.63, 3.8) is 0 Å². The van der Waals surface area contributed by atoms with E-state index in [0.29, 0.717) is 12.2 Å². The third-order valence-corrected chi connectivity index (χ3v) is 4.24. The Labute approximate surface area is 132 Å². The standard InChI is InChI=1S/C15H19BrN2O3/c1-10-4-3-7-18(14(10)15(20)21)9-13(19)17-12-6-2-5-11(16)8-12/h2,5-6,8,10,14H,3-4,7,9H2,1H3,(H,17,19)(H,20,21). The summed E-state index contributed by atoms with van der Waals surface area (Å²) < 4.78 is 0.885. The van der Waals surface area contributed by atoms with Crippen LogP contribution in [-0.4, -0.2) is 41.0 Å². The second-order valence-corrected chi connectivity index (χ2v) is 6.35. The fraction of sp³-hybridized carbons (Fsp3) is 0.467. The zero-order valence-electron chi connectivity index (χ0n) is 11.9. The number of nitrogens with one attached hydrogen (secondary N) is 1. The van der Waals surface area contributed by atoms with E-state index >= 15 is 0 Å². The third-order valence-electron chi connectivity index (χ3n) is 3.75. The molecule has 0 radical (unpaired) electrons. The average Bonchev–Trinajstić information content (AvgIpc) is 2.37. The molecule has 6 heteroatoms. The molecular formula is C15H19BrN2O3. The summed E-state index contributed by atoms with van der Waals surface area (Å²) in [5, 5.41) is 12.1. The molecule has 1 fully saturated rings. The number of piperidine rings is 1. The average molecular weight is 355 g/mol. The number of carboxylic acids is 1. The molecule has 2 rings (SSSR count). The highest BCUT2D eigenvalue weighted by Crippen LogP contribution is 2.23. The van der Waals surface area contributed by atoms with Crippen molar-refractivity contribution in [2.45, 2.75) is 25.8 Å². The van der Waals surface area contributed by atoms with Crippen LogP contribution in [0.5, 0.6) is 0 Å². The number of rotatable bonds is 4. The predicted octanol–water partition coefficient (Wildman–Crippen LogP) is 2.57. The lowest BCUT2D eigenvalue weighted by molar-refractivity contribution is -0.147. The molecule has 2 unspecified atom stereocenters. The minimum absolute atomic E-state index is 0.0647. The van der Waals surface area contributed by atoms with Crippen LogP contribution in [0.4, 0.5) is 5.69 Å². The molecule has 21 heavy (non-hydrogen) atoms. The van der Waals surface area contributed by atoms with Crippen molar-refractivity contribution >= 4 is 33.5 Å². The van der Waals surface area contributed by atoms with E-state index in [-0.39, 0.29) is 18.4 Å². The molecule has 0 aliphatic carbocycles. The number of carboxylic acid groups (broad SMARTS) is 1. The molecule has 1 aromatic rings. The van der Waals surface area contributed by atoms with Gasteiger partial charge in [-0.2, -0.15) is 0 Å². The van der Waals surface area contributed by atoms with E-state index < -0.39 is 12.0 Å². The predicted molar refractivity (Wildman–Crippen MR) is 84.2 cm³/mol. The van der Waals surface area contributed by atoms with Gasteiger partial charge in [-0.1, -0.05) is 28.9 Å². The largest absolute Gasteiger partial charge is 0.480 e. The topological polar surface area (TPSA) is 69.6 Å². The summed E-state index contributed by atoms with van der Waals surface area (Å²) in [6.07, 6.45) is 1.82. The Morgan fingerprint density at radius 2 is 2.24 bits per heavy atom. The van der Waals surface area contributed by atoms with Crippen LogP contribution in [0.3, 0.4) is 0 Å². The minimum Gasteiger partial charge on any atom is -0.480 e.